The van der Waals surface area contributed by atoms with Gasteiger partial charge in [-0.25, -0.2) is 0 Å². The number of ketones is 1. The van der Waals surface area contributed by atoms with Gasteiger partial charge in [-0.3, -0.25) is 14.4 Å². The lowest BCUT2D eigenvalue weighted by atomic mass is 9.90. The highest BCUT2D eigenvalue weighted by atomic mass is 16.6. The molecule has 4 atom stereocenters. The van der Waals surface area contributed by atoms with Gasteiger partial charge >= 0.3 is 11.9 Å². The number of aliphatic hydroxyl groups excluding tert-OH is 2. The lowest BCUT2D eigenvalue weighted by molar-refractivity contribution is -0.161. The molecule has 0 unspecified atom stereocenters. The maximum atomic E-state index is 12.3. The molecule has 0 aromatic rings. The molecule has 270 valence electrons. The lowest BCUT2D eigenvalue weighted by Crippen LogP contribution is -2.28. The van der Waals surface area contributed by atoms with Crippen molar-refractivity contribution in [1.82, 2.24) is 0 Å². The summed E-state index contributed by atoms with van der Waals surface area (Å²) < 4.78 is 10.6. The average Bonchev–Trinajstić information content (AvgIpc) is 3.40. The van der Waals surface area contributed by atoms with Crippen LogP contribution in [0.2, 0.25) is 0 Å². The molecule has 2 N–H and O–H groups in total. The molecule has 0 amide bonds. The summed E-state index contributed by atoms with van der Waals surface area (Å²) in [4.78, 5) is 36.6. The molecule has 0 radical (unpaired) electrons. The van der Waals surface area contributed by atoms with Crippen molar-refractivity contribution >= 4 is 17.7 Å². The van der Waals surface area contributed by atoms with Gasteiger partial charge in [-0.1, -0.05) is 141 Å². The number of ether oxygens (including phenoxy) is 2. The highest BCUT2D eigenvalue weighted by Crippen LogP contribution is 2.27. The quantitative estimate of drug-likeness (QED) is 0.0449. The summed E-state index contributed by atoms with van der Waals surface area (Å²) in [7, 11) is 0. The topological polar surface area (TPSA) is 110 Å². The summed E-state index contributed by atoms with van der Waals surface area (Å²) >= 11 is 0. The van der Waals surface area contributed by atoms with Crippen molar-refractivity contribution in [2.75, 3.05) is 13.2 Å². The minimum atomic E-state index is -0.835. The van der Waals surface area contributed by atoms with Gasteiger partial charge in [0.05, 0.1) is 12.7 Å². The summed E-state index contributed by atoms with van der Waals surface area (Å²) in [5.74, 6) is -0.00445. The number of unbranched alkanes of at least 4 members (excludes halogenated alkanes) is 13. The van der Waals surface area contributed by atoms with E-state index in [0.717, 1.165) is 57.3 Å². The molecule has 0 aromatic carbocycles. The van der Waals surface area contributed by atoms with Crippen LogP contribution in [-0.2, 0) is 23.9 Å². The number of aliphatic hydroxyl groups is 2. The van der Waals surface area contributed by atoms with Crippen LogP contribution in [0.15, 0.2) is 36.5 Å². The van der Waals surface area contributed by atoms with Crippen molar-refractivity contribution in [2.45, 2.75) is 168 Å². The molecule has 1 aliphatic carbocycles. The van der Waals surface area contributed by atoms with Crippen LogP contribution in [0.1, 0.15) is 156 Å². The fourth-order valence-corrected chi connectivity index (χ4v) is 5.85. The SMILES string of the molecule is CCCCC[C@H](O)/C=C/[C@H]1C(=O)C=C[C@@H]1C/C=C\CCCC(=O)OC[C@H](CO)OC(=O)CCCCCCCCCCCCCC(C)C. The van der Waals surface area contributed by atoms with Crippen molar-refractivity contribution in [3.63, 3.8) is 0 Å². The Bertz CT molecular complexity index is 906. The third-order valence-corrected chi connectivity index (χ3v) is 8.86. The number of hydrogen-bond donors (Lipinski definition) is 2. The molecule has 0 saturated carbocycles. The Balaban J connectivity index is 2.09. The number of allylic oxidation sites excluding steroid dienone is 5. The monoisotopic (exact) mass is 660 g/mol. The summed E-state index contributed by atoms with van der Waals surface area (Å²) in [5, 5.41) is 19.7. The van der Waals surface area contributed by atoms with E-state index < -0.39 is 12.2 Å². The van der Waals surface area contributed by atoms with Crippen molar-refractivity contribution in [3.05, 3.63) is 36.5 Å². The lowest BCUT2D eigenvalue weighted by Gasteiger charge is -2.15. The van der Waals surface area contributed by atoms with Crippen LogP contribution in [0.3, 0.4) is 0 Å². The zero-order valence-electron chi connectivity index (χ0n) is 30.0. The number of esters is 2. The largest absolute Gasteiger partial charge is 0.462 e. The first-order valence-electron chi connectivity index (χ1n) is 19.0. The Kier molecular flexibility index (Phi) is 26.1. The molecule has 7 nitrogen and oxygen atoms in total. The maximum absolute atomic E-state index is 12.3. The second kappa shape index (κ2) is 28.7. The van der Waals surface area contributed by atoms with Crippen LogP contribution in [-0.4, -0.2) is 53.4 Å². The van der Waals surface area contributed by atoms with E-state index in [1.54, 1.807) is 12.2 Å². The molecule has 1 aliphatic rings. The van der Waals surface area contributed by atoms with E-state index in [1.165, 1.54) is 57.8 Å². The van der Waals surface area contributed by atoms with Crippen LogP contribution in [0.25, 0.3) is 0 Å². The smallest absolute Gasteiger partial charge is 0.306 e. The summed E-state index contributed by atoms with van der Waals surface area (Å²) in [5.41, 5.74) is 0. The van der Waals surface area contributed by atoms with Crippen molar-refractivity contribution in [1.29, 1.82) is 0 Å². The number of carbonyl (C=O) groups is 3. The molecular weight excluding hydrogens is 592 g/mol. The van der Waals surface area contributed by atoms with Gasteiger partial charge in [-0.15, -0.1) is 0 Å². The number of rotatable bonds is 30. The van der Waals surface area contributed by atoms with Crippen molar-refractivity contribution in [3.8, 4) is 0 Å². The van der Waals surface area contributed by atoms with Crippen LogP contribution in [0.5, 0.6) is 0 Å². The Morgan fingerprint density at radius 3 is 2.09 bits per heavy atom. The first kappa shape index (κ1) is 42.8. The predicted octanol–water partition coefficient (Wildman–Crippen LogP) is 9.15. The summed E-state index contributed by atoms with van der Waals surface area (Å²) in [6, 6.07) is 0. The van der Waals surface area contributed by atoms with Crippen LogP contribution >= 0.6 is 0 Å². The van der Waals surface area contributed by atoms with Crippen molar-refractivity contribution in [2.24, 2.45) is 17.8 Å². The van der Waals surface area contributed by atoms with E-state index in [2.05, 4.69) is 20.8 Å². The molecule has 0 bridgehead atoms. The van der Waals surface area contributed by atoms with E-state index in [9.17, 15) is 24.6 Å². The van der Waals surface area contributed by atoms with Crippen LogP contribution < -0.4 is 0 Å². The first-order chi connectivity index (χ1) is 22.8. The minimum Gasteiger partial charge on any atom is -0.462 e. The molecule has 0 fully saturated rings. The van der Waals surface area contributed by atoms with Crippen LogP contribution in [0.4, 0.5) is 0 Å². The van der Waals surface area contributed by atoms with Gasteiger partial charge in [0, 0.05) is 18.8 Å². The minimum absolute atomic E-state index is 0.0735. The van der Waals surface area contributed by atoms with Gasteiger partial charge in [0.25, 0.3) is 0 Å². The van der Waals surface area contributed by atoms with E-state index in [4.69, 9.17) is 9.47 Å². The number of hydrogen-bond acceptors (Lipinski definition) is 7. The second-order valence-corrected chi connectivity index (χ2v) is 13.8. The molecule has 1 rings (SSSR count). The Morgan fingerprint density at radius 1 is 0.830 bits per heavy atom. The molecule has 0 aromatic heterocycles. The Morgan fingerprint density at radius 2 is 1.45 bits per heavy atom. The highest BCUT2D eigenvalue weighted by Gasteiger charge is 2.27. The highest BCUT2D eigenvalue weighted by molar-refractivity contribution is 5.95. The van der Waals surface area contributed by atoms with E-state index in [0.29, 0.717) is 19.3 Å². The second-order valence-electron chi connectivity index (χ2n) is 13.8. The van der Waals surface area contributed by atoms with Crippen LogP contribution in [0, 0.1) is 17.8 Å². The molecule has 0 saturated heterocycles. The predicted molar refractivity (Wildman–Crippen MR) is 191 cm³/mol. The fraction of sp³-hybridized carbons (Fsp3) is 0.775. The average molecular weight is 661 g/mol. The Hall–Kier alpha value is -2.25. The molecule has 47 heavy (non-hydrogen) atoms. The molecule has 0 aliphatic heterocycles. The van der Waals surface area contributed by atoms with E-state index in [-0.39, 0.29) is 49.2 Å². The fourth-order valence-electron chi connectivity index (χ4n) is 5.85. The summed E-state index contributed by atoms with van der Waals surface area (Å²) in [6.07, 6.45) is 31.1. The van der Waals surface area contributed by atoms with Gasteiger partial charge in [0.1, 0.15) is 6.61 Å². The van der Waals surface area contributed by atoms with Gasteiger partial charge in [0.15, 0.2) is 11.9 Å². The van der Waals surface area contributed by atoms with E-state index in [1.807, 2.05) is 24.3 Å². The number of carbonyl (C=O) groups excluding carboxylic acids is 3. The third-order valence-electron chi connectivity index (χ3n) is 8.86. The standard InChI is InChI=1S/C40H68O7/c1-4-5-17-24-35(42)28-29-37-34(27-30-38(37)43)23-19-15-16-20-25-39(44)46-32-36(31-41)47-40(45)26-21-14-12-10-8-6-7-9-11-13-18-22-33(2)3/h15,19,27-30,33-37,41-42H,4-14,16-18,20-26,31-32H2,1-3H3/b19-15-,29-28+/t34-,35-,36-,37+/m0/s1. The normalized spacial score (nSPS) is 17.7. The first-order valence-corrected chi connectivity index (χ1v) is 19.0. The van der Waals surface area contributed by atoms with Gasteiger partial charge in [-0.05, 0) is 50.0 Å². The summed E-state index contributed by atoms with van der Waals surface area (Å²) in [6.45, 7) is 6.19. The van der Waals surface area contributed by atoms with Gasteiger partial charge in [-0.2, -0.15) is 0 Å². The Labute approximate surface area is 286 Å². The molecular formula is C40H68O7. The van der Waals surface area contributed by atoms with Crippen molar-refractivity contribution < 1.29 is 34.1 Å². The molecule has 7 heteroatoms. The zero-order valence-corrected chi connectivity index (χ0v) is 30.0. The van der Waals surface area contributed by atoms with E-state index >= 15 is 0 Å². The zero-order chi connectivity index (χ0) is 34.5. The third kappa shape index (κ3) is 23.7. The maximum Gasteiger partial charge on any atom is 0.306 e. The molecule has 0 heterocycles. The van der Waals surface area contributed by atoms with Gasteiger partial charge in [0.2, 0.25) is 0 Å². The molecule has 0 spiro atoms. The van der Waals surface area contributed by atoms with Gasteiger partial charge < -0.3 is 19.7 Å².